The topological polar surface area (TPSA) is 72.8 Å². The minimum absolute atomic E-state index is 0.0615. The molecule has 0 heterocycles. The molecule has 1 fully saturated rings. The predicted molar refractivity (Wildman–Crippen MR) is 93.1 cm³/mol. The minimum Gasteiger partial charge on any atom is -0.496 e. The van der Waals surface area contributed by atoms with E-state index in [1.807, 2.05) is 30.3 Å². The van der Waals surface area contributed by atoms with Gasteiger partial charge in [0.05, 0.1) is 13.7 Å². The van der Waals surface area contributed by atoms with Crippen molar-refractivity contribution in [3.8, 4) is 5.75 Å². The quantitative estimate of drug-likeness (QED) is 0.768. The number of ether oxygens (including phenoxy) is 2. The maximum absolute atomic E-state index is 12.1. The molecule has 0 aromatic heterocycles. The number of hydrogen-bond donors (Lipinski definition) is 1. The van der Waals surface area contributed by atoms with Gasteiger partial charge in [-0.25, -0.2) is 0 Å². The lowest BCUT2D eigenvalue weighted by atomic mass is 9.84. The number of aliphatic carboxylic acids is 1. The Labute approximate surface area is 146 Å². The molecular weight excluding hydrogens is 320 g/mol. The largest absolute Gasteiger partial charge is 0.496 e. The number of rotatable bonds is 7. The first-order valence-corrected chi connectivity index (χ1v) is 8.55. The molecule has 0 spiro atoms. The molecule has 0 aliphatic heterocycles. The third-order valence-corrected chi connectivity index (χ3v) is 4.72. The summed E-state index contributed by atoms with van der Waals surface area (Å²) < 4.78 is 11.3. The van der Waals surface area contributed by atoms with Crippen LogP contribution in [-0.2, 0) is 14.3 Å². The summed E-state index contributed by atoms with van der Waals surface area (Å²) in [5, 5.41) is 8.76. The van der Waals surface area contributed by atoms with E-state index in [1.54, 1.807) is 7.11 Å². The highest BCUT2D eigenvalue weighted by atomic mass is 16.5. The number of carboxylic acids is 1. The fraction of sp³-hybridized carbons (Fsp3) is 0.400. The Bertz CT molecular complexity index is 731. The van der Waals surface area contributed by atoms with Gasteiger partial charge in [0.25, 0.3) is 0 Å². The number of methoxy groups -OCH3 is 1. The molecule has 1 N–H and O–H groups in total. The molecule has 2 aliphatic rings. The third kappa shape index (κ3) is 3.76. The number of Topliss-reactive ketones (excluding diaryl/α,β-unsaturated/α-hetero) is 1. The van der Waals surface area contributed by atoms with Gasteiger partial charge < -0.3 is 14.6 Å². The van der Waals surface area contributed by atoms with Crippen LogP contribution >= 0.6 is 0 Å². The number of carbonyl (C=O) groups is 2. The van der Waals surface area contributed by atoms with Crippen molar-refractivity contribution in [2.75, 3.05) is 13.7 Å². The van der Waals surface area contributed by atoms with Crippen molar-refractivity contribution >= 4 is 17.3 Å². The summed E-state index contributed by atoms with van der Waals surface area (Å²) in [7, 11) is 1.63. The second kappa shape index (κ2) is 7.55. The molecule has 1 saturated carbocycles. The minimum atomic E-state index is -0.840. The molecule has 1 aromatic rings. The van der Waals surface area contributed by atoms with Gasteiger partial charge in [0.2, 0.25) is 0 Å². The highest BCUT2D eigenvalue weighted by Crippen LogP contribution is 2.43. The summed E-state index contributed by atoms with van der Waals surface area (Å²) in [6.45, 7) is 0.302. The van der Waals surface area contributed by atoms with Crippen LogP contribution in [0.5, 0.6) is 5.75 Å². The van der Waals surface area contributed by atoms with E-state index in [2.05, 4.69) is 6.08 Å². The van der Waals surface area contributed by atoms with Crippen LogP contribution in [0.1, 0.15) is 31.2 Å². The zero-order valence-corrected chi connectivity index (χ0v) is 14.2. The van der Waals surface area contributed by atoms with Crippen LogP contribution in [0, 0.1) is 11.8 Å². The molecule has 1 aromatic carbocycles. The smallest absolute Gasteiger partial charge is 0.303 e. The van der Waals surface area contributed by atoms with Crippen molar-refractivity contribution in [1.29, 1.82) is 0 Å². The lowest BCUT2D eigenvalue weighted by Crippen LogP contribution is -2.17. The lowest BCUT2D eigenvalue weighted by Gasteiger charge is -2.25. The fourth-order valence-electron chi connectivity index (χ4n) is 3.47. The highest BCUT2D eigenvalue weighted by Gasteiger charge is 2.36. The number of ketones is 1. The first-order chi connectivity index (χ1) is 12.1. The number of carbonyl (C=O) groups excluding carboxylic acids is 1. The number of carboxylic acid groups (broad SMARTS) is 1. The monoisotopic (exact) mass is 342 g/mol. The molecule has 0 amide bonds. The van der Waals surface area contributed by atoms with Crippen LogP contribution in [0.4, 0.5) is 0 Å². The summed E-state index contributed by atoms with van der Waals surface area (Å²) in [5.74, 6) is 0.856. The van der Waals surface area contributed by atoms with Gasteiger partial charge >= 0.3 is 5.97 Å². The molecule has 0 radical (unpaired) electrons. The molecule has 2 unspecified atom stereocenters. The van der Waals surface area contributed by atoms with Crippen LogP contribution < -0.4 is 4.74 Å². The maximum atomic E-state index is 12.1. The van der Waals surface area contributed by atoms with E-state index in [-0.39, 0.29) is 24.0 Å². The Kier molecular flexibility index (Phi) is 5.22. The van der Waals surface area contributed by atoms with Crippen molar-refractivity contribution in [2.24, 2.45) is 11.8 Å². The van der Waals surface area contributed by atoms with E-state index in [0.717, 1.165) is 23.3 Å². The lowest BCUT2D eigenvalue weighted by molar-refractivity contribution is -0.137. The fourth-order valence-corrected chi connectivity index (χ4v) is 3.47. The van der Waals surface area contributed by atoms with Crippen molar-refractivity contribution in [1.82, 2.24) is 0 Å². The maximum Gasteiger partial charge on any atom is 0.303 e. The van der Waals surface area contributed by atoms with Crippen molar-refractivity contribution in [3.63, 3.8) is 0 Å². The van der Waals surface area contributed by atoms with E-state index in [1.165, 1.54) is 0 Å². The Morgan fingerprint density at radius 3 is 2.84 bits per heavy atom. The number of benzene rings is 1. The molecule has 3 rings (SSSR count). The average molecular weight is 342 g/mol. The highest BCUT2D eigenvalue weighted by molar-refractivity contribution is 5.90. The Hall–Kier alpha value is -2.56. The zero-order chi connectivity index (χ0) is 17.8. The van der Waals surface area contributed by atoms with Crippen LogP contribution in [0.2, 0.25) is 0 Å². The molecule has 2 aliphatic carbocycles. The Morgan fingerprint density at radius 2 is 2.08 bits per heavy atom. The van der Waals surface area contributed by atoms with Gasteiger partial charge in [-0.2, -0.15) is 0 Å². The Balaban J connectivity index is 1.87. The second-order valence-corrected chi connectivity index (χ2v) is 6.35. The van der Waals surface area contributed by atoms with E-state index >= 15 is 0 Å². The van der Waals surface area contributed by atoms with Gasteiger partial charge in [0.1, 0.15) is 17.3 Å². The molecule has 5 heteroatoms. The van der Waals surface area contributed by atoms with E-state index in [9.17, 15) is 9.59 Å². The Morgan fingerprint density at radius 1 is 1.28 bits per heavy atom. The number of para-hydroxylation sites is 1. The molecule has 5 nitrogen and oxygen atoms in total. The van der Waals surface area contributed by atoms with Crippen LogP contribution in [0.15, 0.2) is 42.2 Å². The summed E-state index contributed by atoms with van der Waals surface area (Å²) in [5.41, 5.74) is 1.84. The average Bonchev–Trinajstić information content (AvgIpc) is 2.98. The van der Waals surface area contributed by atoms with E-state index < -0.39 is 5.97 Å². The number of hydrogen-bond acceptors (Lipinski definition) is 4. The molecule has 0 bridgehead atoms. The summed E-state index contributed by atoms with van der Waals surface area (Å²) in [4.78, 5) is 22.8. The van der Waals surface area contributed by atoms with Gasteiger partial charge in [-0.15, -0.1) is 0 Å². The van der Waals surface area contributed by atoms with Crippen molar-refractivity contribution < 1.29 is 24.2 Å². The normalized spacial score (nSPS) is 22.0. The third-order valence-electron chi connectivity index (χ3n) is 4.72. The van der Waals surface area contributed by atoms with Gasteiger partial charge in [-0.1, -0.05) is 24.3 Å². The van der Waals surface area contributed by atoms with Crippen LogP contribution in [0.3, 0.4) is 0 Å². The van der Waals surface area contributed by atoms with Gasteiger partial charge in [0, 0.05) is 29.9 Å². The van der Waals surface area contributed by atoms with Crippen LogP contribution in [-0.4, -0.2) is 30.6 Å². The molecule has 0 saturated heterocycles. The standard InChI is InChI=1S/C20H22O5/c1-24-18-6-3-2-5-14(18)16-11-13-8-9-17(21)15(13)12-19(16)25-10-4-7-20(22)23/h2-3,5-6,11-13,15H,4,7-10H2,1H3,(H,22,23). The first kappa shape index (κ1) is 17.3. The van der Waals surface area contributed by atoms with Crippen molar-refractivity contribution in [2.45, 2.75) is 25.7 Å². The predicted octanol–water partition coefficient (Wildman–Crippen LogP) is 3.45. The van der Waals surface area contributed by atoms with Crippen molar-refractivity contribution in [3.05, 3.63) is 47.7 Å². The SMILES string of the molecule is COc1ccccc1C1=CC2CCC(=O)C2C=C1OCCCC(=O)O. The molecule has 2 atom stereocenters. The van der Waals surface area contributed by atoms with Crippen LogP contribution in [0.25, 0.3) is 5.57 Å². The summed E-state index contributed by atoms with van der Waals surface area (Å²) in [6, 6.07) is 7.71. The second-order valence-electron chi connectivity index (χ2n) is 6.35. The van der Waals surface area contributed by atoms with Gasteiger partial charge in [-0.05, 0) is 30.9 Å². The summed E-state index contributed by atoms with van der Waals surface area (Å²) in [6.07, 6.45) is 5.95. The van der Waals surface area contributed by atoms with E-state index in [4.69, 9.17) is 14.6 Å². The molecular formula is C20H22O5. The number of fused-ring (bicyclic) bond motifs is 1. The first-order valence-electron chi connectivity index (χ1n) is 8.55. The number of allylic oxidation sites excluding steroid dienone is 3. The van der Waals surface area contributed by atoms with Gasteiger partial charge in [0.15, 0.2) is 0 Å². The van der Waals surface area contributed by atoms with Gasteiger partial charge in [-0.3, -0.25) is 9.59 Å². The summed E-state index contributed by atoms with van der Waals surface area (Å²) >= 11 is 0. The molecule has 25 heavy (non-hydrogen) atoms. The van der Waals surface area contributed by atoms with E-state index in [0.29, 0.717) is 25.2 Å². The zero-order valence-electron chi connectivity index (χ0n) is 14.2. The molecule has 132 valence electrons.